The third-order valence-electron chi connectivity index (χ3n) is 1.83. The molecule has 0 saturated carbocycles. The number of anilines is 2. The summed E-state index contributed by atoms with van der Waals surface area (Å²) in [5.41, 5.74) is 12.9. The Labute approximate surface area is 73.4 Å². The van der Waals surface area contributed by atoms with Crippen LogP contribution in [-0.2, 0) is 0 Å². The van der Waals surface area contributed by atoms with Gasteiger partial charge < -0.3 is 16.5 Å². The van der Waals surface area contributed by atoms with Gasteiger partial charge in [-0.2, -0.15) is 0 Å². The topological polar surface area (TPSA) is 97.8 Å². The van der Waals surface area contributed by atoms with Crippen molar-refractivity contribution in [3.63, 3.8) is 0 Å². The van der Waals surface area contributed by atoms with Crippen LogP contribution in [0.4, 0.5) is 11.4 Å². The Bertz CT molecular complexity index is 517. The van der Waals surface area contributed by atoms with E-state index in [1.165, 1.54) is 6.20 Å². The number of H-pyrrole nitrogens is 1. The Morgan fingerprint density at radius 3 is 2.85 bits per heavy atom. The first-order chi connectivity index (χ1) is 6.18. The van der Waals surface area contributed by atoms with Gasteiger partial charge >= 0.3 is 0 Å². The number of nitrogen functional groups attached to an aromatic ring is 2. The number of fused-ring (bicyclic) bond motifs is 1. The Balaban J connectivity index is 2.97. The third-order valence-corrected chi connectivity index (χ3v) is 1.83. The number of rotatable bonds is 0. The summed E-state index contributed by atoms with van der Waals surface area (Å²) in [4.78, 5) is 17.4. The largest absolute Gasteiger partial charge is 0.397 e. The lowest BCUT2D eigenvalue weighted by Gasteiger charge is -2.02. The quantitative estimate of drug-likeness (QED) is 0.495. The van der Waals surface area contributed by atoms with Crippen LogP contribution in [0, 0.1) is 0 Å². The van der Waals surface area contributed by atoms with Gasteiger partial charge in [0.2, 0.25) is 0 Å². The molecule has 0 radical (unpaired) electrons. The monoisotopic (exact) mass is 176 g/mol. The molecule has 0 aliphatic rings. The van der Waals surface area contributed by atoms with Crippen molar-refractivity contribution in [2.24, 2.45) is 0 Å². The van der Waals surface area contributed by atoms with Gasteiger partial charge in [0.25, 0.3) is 5.56 Å². The molecule has 2 rings (SSSR count). The van der Waals surface area contributed by atoms with Crippen LogP contribution in [0.2, 0.25) is 0 Å². The third kappa shape index (κ3) is 1.10. The zero-order valence-electron chi connectivity index (χ0n) is 6.74. The van der Waals surface area contributed by atoms with E-state index < -0.39 is 0 Å². The summed E-state index contributed by atoms with van der Waals surface area (Å²) >= 11 is 0. The second-order valence-electron chi connectivity index (χ2n) is 2.71. The molecule has 5 nitrogen and oxygen atoms in total. The van der Waals surface area contributed by atoms with Crippen LogP contribution in [0.5, 0.6) is 0 Å². The summed E-state index contributed by atoms with van der Waals surface area (Å²) in [7, 11) is 0. The summed E-state index contributed by atoms with van der Waals surface area (Å²) in [6.45, 7) is 0. The van der Waals surface area contributed by atoms with Crippen molar-refractivity contribution in [2.45, 2.75) is 0 Å². The number of hydrogen-bond acceptors (Lipinski definition) is 4. The highest BCUT2D eigenvalue weighted by Gasteiger charge is 2.02. The van der Waals surface area contributed by atoms with Gasteiger partial charge in [-0.05, 0) is 12.1 Å². The maximum Gasteiger partial charge on any atom is 0.266 e. The number of aromatic nitrogens is 2. The first-order valence-corrected chi connectivity index (χ1v) is 3.71. The highest BCUT2D eigenvalue weighted by Crippen LogP contribution is 2.21. The second kappa shape index (κ2) is 2.48. The zero-order chi connectivity index (χ0) is 9.42. The molecule has 13 heavy (non-hydrogen) atoms. The lowest BCUT2D eigenvalue weighted by molar-refractivity contribution is 1.22. The van der Waals surface area contributed by atoms with Gasteiger partial charge in [-0.1, -0.05) is 0 Å². The normalized spacial score (nSPS) is 10.5. The highest BCUT2D eigenvalue weighted by atomic mass is 16.1. The van der Waals surface area contributed by atoms with Crippen molar-refractivity contribution in [2.75, 3.05) is 11.5 Å². The maximum atomic E-state index is 10.9. The van der Waals surface area contributed by atoms with Crippen LogP contribution in [0.25, 0.3) is 11.0 Å². The van der Waals surface area contributed by atoms with E-state index in [0.717, 1.165) is 0 Å². The summed E-state index contributed by atoms with van der Waals surface area (Å²) in [6.07, 6.45) is 1.21. The van der Waals surface area contributed by atoms with Crippen molar-refractivity contribution in [1.82, 2.24) is 9.97 Å². The van der Waals surface area contributed by atoms with E-state index in [-0.39, 0.29) is 5.56 Å². The molecule has 0 atom stereocenters. The van der Waals surface area contributed by atoms with Crippen LogP contribution in [-0.4, -0.2) is 9.97 Å². The predicted molar refractivity (Wildman–Crippen MR) is 51.2 cm³/mol. The van der Waals surface area contributed by atoms with Crippen molar-refractivity contribution >= 4 is 22.4 Å². The molecule has 5 heteroatoms. The number of nitrogens with two attached hydrogens (primary N) is 2. The van der Waals surface area contributed by atoms with E-state index in [0.29, 0.717) is 22.4 Å². The molecule has 2 aromatic rings. The van der Waals surface area contributed by atoms with E-state index >= 15 is 0 Å². The van der Waals surface area contributed by atoms with Crippen molar-refractivity contribution in [3.8, 4) is 0 Å². The number of nitrogens with zero attached hydrogens (tertiary/aromatic N) is 1. The molecule has 0 fully saturated rings. The standard InChI is InChI=1S/C8H8N4O/c9-4-1-2-5-8(7(4)10)12-6(13)3-11-5/h1-3H,9-10H2,(H,12,13). The summed E-state index contributed by atoms with van der Waals surface area (Å²) < 4.78 is 0. The second-order valence-corrected chi connectivity index (χ2v) is 2.71. The average molecular weight is 176 g/mol. The van der Waals surface area contributed by atoms with E-state index in [4.69, 9.17) is 11.5 Å². The fraction of sp³-hybridized carbons (Fsp3) is 0. The van der Waals surface area contributed by atoms with Crippen molar-refractivity contribution in [1.29, 1.82) is 0 Å². The van der Waals surface area contributed by atoms with Crippen LogP contribution >= 0.6 is 0 Å². The van der Waals surface area contributed by atoms with Crippen LogP contribution in [0.1, 0.15) is 0 Å². The minimum absolute atomic E-state index is 0.287. The van der Waals surface area contributed by atoms with E-state index in [9.17, 15) is 4.79 Å². The van der Waals surface area contributed by atoms with Gasteiger partial charge in [0.1, 0.15) is 0 Å². The molecular weight excluding hydrogens is 168 g/mol. The molecule has 0 saturated heterocycles. The summed E-state index contributed by atoms with van der Waals surface area (Å²) in [5.74, 6) is 0. The molecule has 1 heterocycles. The van der Waals surface area contributed by atoms with Crippen molar-refractivity contribution < 1.29 is 0 Å². The van der Waals surface area contributed by atoms with Crippen LogP contribution < -0.4 is 17.0 Å². The molecule has 1 aromatic carbocycles. The first-order valence-electron chi connectivity index (χ1n) is 3.71. The Hall–Kier alpha value is -2.04. The van der Waals surface area contributed by atoms with E-state index in [2.05, 4.69) is 9.97 Å². The van der Waals surface area contributed by atoms with Gasteiger partial charge in [0.05, 0.1) is 28.6 Å². The lowest BCUT2D eigenvalue weighted by Crippen LogP contribution is -2.07. The molecule has 0 aliphatic heterocycles. The van der Waals surface area contributed by atoms with Gasteiger partial charge in [-0.15, -0.1) is 0 Å². The van der Waals surface area contributed by atoms with Gasteiger partial charge in [0, 0.05) is 0 Å². The van der Waals surface area contributed by atoms with Crippen LogP contribution in [0.15, 0.2) is 23.1 Å². The Morgan fingerprint density at radius 1 is 1.31 bits per heavy atom. The Kier molecular flexibility index (Phi) is 1.45. The average Bonchev–Trinajstić information content (AvgIpc) is 2.12. The fourth-order valence-corrected chi connectivity index (χ4v) is 1.15. The Morgan fingerprint density at radius 2 is 2.08 bits per heavy atom. The first kappa shape index (κ1) is 7.60. The minimum atomic E-state index is -0.287. The SMILES string of the molecule is Nc1ccc2ncc(=O)[nH]c2c1N. The van der Waals surface area contributed by atoms with E-state index in [1.807, 2.05) is 0 Å². The molecule has 0 unspecified atom stereocenters. The molecule has 0 amide bonds. The zero-order valence-corrected chi connectivity index (χ0v) is 6.74. The lowest BCUT2D eigenvalue weighted by atomic mass is 10.2. The fourth-order valence-electron chi connectivity index (χ4n) is 1.15. The van der Waals surface area contributed by atoms with Crippen LogP contribution in [0.3, 0.4) is 0 Å². The highest BCUT2D eigenvalue weighted by molar-refractivity contribution is 5.92. The summed E-state index contributed by atoms with van der Waals surface area (Å²) in [5, 5.41) is 0. The minimum Gasteiger partial charge on any atom is -0.397 e. The molecule has 5 N–H and O–H groups in total. The predicted octanol–water partition coefficient (Wildman–Crippen LogP) is 0.0875. The summed E-state index contributed by atoms with van der Waals surface area (Å²) in [6, 6.07) is 3.36. The number of benzene rings is 1. The van der Waals surface area contributed by atoms with Gasteiger partial charge in [-0.3, -0.25) is 4.79 Å². The van der Waals surface area contributed by atoms with Crippen molar-refractivity contribution in [3.05, 3.63) is 28.7 Å². The molecule has 0 aliphatic carbocycles. The molecular formula is C8H8N4O. The maximum absolute atomic E-state index is 10.9. The molecule has 0 bridgehead atoms. The number of nitrogens with one attached hydrogen (secondary N) is 1. The molecule has 66 valence electrons. The number of hydrogen-bond donors (Lipinski definition) is 3. The van der Waals surface area contributed by atoms with Gasteiger partial charge in [-0.25, -0.2) is 4.98 Å². The van der Waals surface area contributed by atoms with Gasteiger partial charge in [0.15, 0.2) is 0 Å². The molecule has 0 spiro atoms. The smallest absolute Gasteiger partial charge is 0.266 e. The number of aromatic amines is 1. The molecule has 1 aromatic heterocycles. The van der Waals surface area contributed by atoms with E-state index in [1.54, 1.807) is 12.1 Å².